The SMILES string of the molecule is COCCOCCOCCOC(C)OC1CC2CCCCC2CC1C(=O)OC. The van der Waals surface area contributed by atoms with Crippen molar-refractivity contribution in [2.45, 2.75) is 57.8 Å². The van der Waals surface area contributed by atoms with Gasteiger partial charge in [-0.1, -0.05) is 25.7 Å². The van der Waals surface area contributed by atoms with Gasteiger partial charge in [-0.05, 0) is 31.6 Å². The van der Waals surface area contributed by atoms with Crippen LogP contribution in [0.3, 0.4) is 0 Å². The van der Waals surface area contributed by atoms with Gasteiger partial charge in [-0.15, -0.1) is 0 Å². The maximum atomic E-state index is 12.3. The summed E-state index contributed by atoms with van der Waals surface area (Å²) in [5, 5.41) is 0. The highest BCUT2D eigenvalue weighted by Gasteiger charge is 2.43. The Bertz CT molecular complexity index is 431. The highest BCUT2D eigenvalue weighted by Crippen LogP contribution is 2.44. The molecular formula is C21H38O7. The van der Waals surface area contributed by atoms with Crippen LogP contribution in [0.25, 0.3) is 0 Å². The third-order valence-electron chi connectivity index (χ3n) is 5.86. The van der Waals surface area contributed by atoms with Crippen molar-refractivity contribution in [2.75, 3.05) is 53.9 Å². The van der Waals surface area contributed by atoms with Crippen molar-refractivity contribution in [1.82, 2.24) is 0 Å². The number of hydrogen-bond acceptors (Lipinski definition) is 7. The molecule has 0 aromatic heterocycles. The standard InChI is InChI=1S/C21H38O7/c1-16(27-13-12-26-11-10-25-9-8-23-2)28-20-15-18-7-5-4-6-17(18)14-19(20)21(22)24-3/h16-20H,4-15H2,1-3H3. The topological polar surface area (TPSA) is 72.5 Å². The van der Waals surface area contributed by atoms with E-state index < -0.39 is 0 Å². The van der Waals surface area contributed by atoms with Crippen LogP contribution in [0.15, 0.2) is 0 Å². The minimum atomic E-state index is -0.376. The molecule has 0 N–H and O–H groups in total. The van der Waals surface area contributed by atoms with E-state index in [-0.39, 0.29) is 24.3 Å². The predicted octanol–water partition coefficient (Wildman–Crippen LogP) is 2.80. The first-order valence-corrected chi connectivity index (χ1v) is 10.6. The van der Waals surface area contributed by atoms with Gasteiger partial charge < -0.3 is 28.4 Å². The van der Waals surface area contributed by atoms with Crippen molar-refractivity contribution in [1.29, 1.82) is 0 Å². The fourth-order valence-electron chi connectivity index (χ4n) is 4.42. The van der Waals surface area contributed by atoms with Gasteiger partial charge in [0.1, 0.15) is 0 Å². The van der Waals surface area contributed by atoms with E-state index >= 15 is 0 Å². The lowest BCUT2D eigenvalue weighted by Gasteiger charge is -2.43. The molecule has 0 spiro atoms. The smallest absolute Gasteiger partial charge is 0.311 e. The molecule has 28 heavy (non-hydrogen) atoms. The van der Waals surface area contributed by atoms with Gasteiger partial charge in [-0.2, -0.15) is 0 Å². The first kappa shape index (κ1) is 23.5. The van der Waals surface area contributed by atoms with E-state index in [2.05, 4.69) is 0 Å². The molecule has 5 unspecified atom stereocenters. The molecule has 0 heterocycles. The second-order valence-electron chi connectivity index (χ2n) is 7.74. The van der Waals surface area contributed by atoms with E-state index in [1.165, 1.54) is 32.8 Å². The molecule has 2 fully saturated rings. The highest BCUT2D eigenvalue weighted by atomic mass is 16.7. The Kier molecular flexibility index (Phi) is 11.3. The van der Waals surface area contributed by atoms with Crippen LogP contribution in [0.1, 0.15) is 45.4 Å². The summed E-state index contributed by atoms with van der Waals surface area (Å²) in [4.78, 5) is 12.3. The number of ether oxygens (including phenoxy) is 6. The van der Waals surface area contributed by atoms with Gasteiger partial charge in [-0.25, -0.2) is 0 Å². The normalized spacial score (nSPS) is 28.5. The Morgan fingerprint density at radius 2 is 1.50 bits per heavy atom. The van der Waals surface area contributed by atoms with Crippen LogP contribution in [0.5, 0.6) is 0 Å². The van der Waals surface area contributed by atoms with Crippen LogP contribution in [0.4, 0.5) is 0 Å². The van der Waals surface area contributed by atoms with E-state index in [0.717, 1.165) is 12.8 Å². The van der Waals surface area contributed by atoms with Crippen molar-refractivity contribution >= 4 is 5.97 Å². The summed E-state index contributed by atoms with van der Waals surface area (Å²) in [5.74, 6) is 0.954. The van der Waals surface area contributed by atoms with Gasteiger partial charge in [0.2, 0.25) is 0 Å². The number of carbonyl (C=O) groups is 1. The summed E-state index contributed by atoms with van der Waals surface area (Å²) in [6.07, 6.45) is 6.33. The number of fused-ring (bicyclic) bond motifs is 1. The number of carbonyl (C=O) groups excluding carboxylic acids is 1. The van der Waals surface area contributed by atoms with Crippen LogP contribution in [-0.4, -0.2) is 72.2 Å². The molecule has 0 bridgehead atoms. The lowest BCUT2D eigenvalue weighted by Crippen LogP contribution is -2.44. The third kappa shape index (κ3) is 7.95. The lowest BCUT2D eigenvalue weighted by atomic mass is 9.66. The Labute approximate surface area is 169 Å². The molecule has 164 valence electrons. The maximum absolute atomic E-state index is 12.3. The van der Waals surface area contributed by atoms with Crippen molar-refractivity contribution in [3.05, 3.63) is 0 Å². The fourth-order valence-corrected chi connectivity index (χ4v) is 4.42. The second kappa shape index (κ2) is 13.5. The molecule has 2 aliphatic carbocycles. The molecule has 5 atom stereocenters. The minimum Gasteiger partial charge on any atom is -0.469 e. The number of rotatable bonds is 13. The lowest BCUT2D eigenvalue weighted by molar-refractivity contribution is -0.200. The van der Waals surface area contributed by atoms with Gasteiger partial charge in [0, 0.05) is 7.11 Å². The zero-order valence-corrected chi connectivity index (χ0v) is 17.7. The number of methoxy groups -OCH3 is 2. The Morgan fingerprint density at radius 3 is 2.14 bits per heavy atom. The average Bonchev–Trinajstić information content (AvgIpc) is 2.71. The molecule has 0 aromatic carbocycles. The van der Waals surface area contributed by atoms with Crippen molar-refractivity contribution in [3.63, 3.8) is 0 Å². The van der Waals surface area contributed by atoms with E-state index in [1.54, 1.807) is 7.11 Å². The molecule has 0 saturated heterocycles. The molecule has 2 saturated carbocycles. The summed E-state index contributed by atoms with van der Waals surface area (Å²) in [6, 6.07) is 0. The molecule has 7 heteroatoms. The molecule has 0 amide bonds. The second-order valence-corrected chi connectivity index (χ2v) is 7.74. The summed E-state index contributed by atoms with van der Waals surface area (Å²) >= 11 is 0. The molecule has 2 rings (SSSR count). The van der Waals surface area contributed by atoms with Crippen molar-refractivity contribution < 1.29 is 33.2 Å². The van der Waals surface area contributed by atoms with E-state index in [0.29, 0.717) is 51.5 Å². The quantitative estimate of drug-likeness (QED) is 0.266. The van der Waals surface area contributed by atoms with Crippen LogP contribution >= 0.6 is 0 Å². The third-order valence-corrected chi connectivity index (χ3v) is 5.86. The molecule has 0 aromatic rings. The Morgan fingerprint density at radius 1 is 0.893 bits per heavy atom. The molecule has 0 aliphatic heterocycles. The first-order chi connectivity index (χ1) is 13.7. The van der Waals surface area contributed by atoms with E-state index in [1.807, 2.05) is 6.92 Å². The van der Waals surface area contributed by atoms with Gasteiger partial charge in [0.05, 0.1) is 58.8 Å². The predicted molar refractivity (Wildman–Crippen MR) is 104 cm³/mol. The van der Waals surface area contributed by atoms with Gasteiger partial charge >= 0.3 is 5.97 Å². The Balaban J connectivity index is 1.65. The summed E-state index contributed by atoms with van der Waals surface area (Å²) in [7, 11) is 3.11. The molecule has 2 aliphatic rings. The molecular weight excluding hydrogens is 364 g/mol. The van der Waals surface area contributed by atoms with E-state index in [9.17, 15) is 4.79 Å². The Hall–Kier alpha value is -0.730. The van der Waals surface area contributed by atoms with Crippen molar-refractivity contribution in [2.24, 2.45) is 17.8 Å². The van der Waals surface area contributed by atoms with Crippen LogP contribution in [-0.2, 0) is 33.2 Å². The maximum Gasteiger partial charge on any atom is 0.311 e. The molecule has 0 radical (unpaired) electrons. The fraction of sp³-hybridized carbons (Fsp3) is 0.952. The van der Waals surface area contributed by atoms with Gasteiger partial charge in [0.15, 0.2) is 6.29 Å². The average molecular weight is 403 g/mol. The largest absolute Gasteiger partial charge is 0.469 e. The number of esters is 1. The minimum absolute atomic E-state index is 0.128. The summed E-state index contributed by atoms with van der Waals surface area (Å²) in [5.41, 5.74) is 0. The van der Waals surface area contributed by atoms with E-state index in [4.69, 9.17) is 28.4 Å². The number of hydrogen-bond donors (Lipinski definition) is 0. The van der Waals surface area contributed by atoms with Crippen LogP contribution in [0, 0.1) is 17.8 Å². The monoisotopic (exact) mass is 402 g/mol. The van der Waals surface area contributed by atoms with Gasteiger partial charge in [-0.3, -0.25) is 4.79 Å². The summed E-state index contributed by atoms with van der Waals surface area (Å²) < 4.78 is 32.6. The molecule has 7 nitrogen and oxygen atoms in total. The summed E-state index contributed by atoms with van der Waals surface area (Å²) in [6.45, 7) is 5.05. The zero-order chi connectivity index (χ0) is 20.2. The van der Waals surface area contributed by atoms with Crippen LogP contribution < -0.4 is 0 Å². The van der Waals surface area contributed by atoms with Crippen LogP contribution in [0.2, 0.25) is 0 Å². The van der Waals surface area contributed by atoms with Gasteiger partial charge in [0.25, 0.3) is 0 Å². The highest BCUT2D eigenvalue weighted by molar-refractivity contribution is 5.73. The van der Waals surface area contributed by atoms with Crippen molar-refractivity contribution in [3.8, 4) is 0 Å². The zero-order valence-electron chi connectivity index (χ0n) is 17.7. The first-order valence-electron chi connectivity index (χ1n) is 10.6.